The number of hydrogen-bond donors (Lipinski definition) is 0. The van der Waals surface area contributed by atoms with E-state index in [2.05, 4.69) is 29.5 Å². The average Bonchev–Trinajstić information content (AvgIpc) is 2.46. The van der Waals surface area contributed by atoms with Crippen LogP contribution in [0.5, 0.6) is 5.75 Å². The number of benzene rings is 1. The molecule has 0 bridgehead atoms. The molecular formula is C14H16INO2. The van der Waals surface area contributed by atoms with E-state index in [4.69, 9.17) is 4.74 Å². The predicted octanol–water partition coefficient (Wildman–Crippen LogP) is 3.44. The monoisotopic (exact) mass is 357 g/mol. The van der Waals surface area contributed by atoms with Crippen LogP contribution in [0.1, 0.15) is 30.6 Å². The Bertz CT molecular complexity index is 485. The van der Waals surface area contributed by atoms with Crippen molar-refractivity contribution in [2.75, 3.05) is 6.54 Å². The average molecular weight is 357 g/mol. The van der Waals surface area contributed by atoms with E-state index in [-0.39, 0.29) is 12.0 Å². The molecule has 0 aromatic heterocycles. The van der Waals surface area contributed by atoms with E-state index >= 15 is 0 Å². The second kappa shape index (κ2) is 5.73. The molecule has 4 heteroatoms. The van der Waals surface area contributed by atoms with Crippen molar-refractivity contribution in [3.63, 3.8) is 0 Å². The highest BCUT2D eigenvalue weighted by molar-refractivity contribution is 14.1. The summed E-state index contributed by atoms with van der Waals surface area (Å²) in [5.74, 6) is 0.692. The molecule has 3 nitrogen and oxygen atoms in total. The highest BCUT2D eigenvalue weighted by atomic mass is 127. The van der Waals surface area contributed by atoms with Crippen LogP contribution in [0.25, 0.3) is 0 Å². The van der Waals surface area contributed by atoms with Gasteiger partial charge in [-0.15, -0.1) is 0 Å². The Morgan fingerprint density at radius 1 is 1.56 bits per heavy atom. The Labute approximate surface area is 121 Å². The Balaban J connectivity index is 2.40. The lowest BCUT2D eigenvalue weighted by Crippen LogP contribution is -2.31. The molecular weight excluding hydrogens is 341 g/mol. The van der Waals surface area contributed by atoms with E-state index in [0.717, 1.165) is 9.99 Å². The Morgan fingerprint density at radius 2 is 2.33 bits per heavy atom. The number of amides is 1. The van der Waals surface area contributed by atoms with Crippen molar-refractivity contribution in [1.82, 2.24) is 4.90 Å². The van der Waals surface area contributed by atoms with Gasteiger partial charge in [-0.2, -0.15) is 0 Å². The lowest BCUT2D eigenvalue weighted by Gasteiger charge is -2.17. The quantitative estimate of drug-likeness (QED) is 0.759. The molecule has 1 aromatic carbocycles. The topological polar surface area (TPSA) is 29.5 Å². The molecule has 0 fully saturated rings. The fourth-order valence-corrected chi connectivity index (χ4v) is 2.39. The number of hydrogen-bond acceptors (Lipinski definition) is 2. The van der Waals surface area contributed by atoms with Gasteiger partial charge in [-0.05, 0) is 54.1 Å². The lowest BCUT2D eigenvalue weighted by atomic mass is 10.2. The van der Waals surface area contributed by atoms with Gasteiger partial charge in [-0.3, -0.25) is 4.79 Å². The summed E-state index contributed by atoms with van der Waals surface area (Å²) in [7, 11) is 0. The third-order valence-corrected chi connectivity index (χ3v) is 3.41. The van der Waals surface area contributed by atoms with Crippen molar-refractivity contribution in [2.24, 2.45) is 0 Å². The predicted molar refractivity (Wildman–Crippen MR) is 79.7 cm³/mol. The fraction of sp³-hybridized carbons (Fsp3) is 0.357. The van der Waals surface area contributed by atoms with Gasteiger partial charge in [0.1, 0.15) is 11.9 Å². The zero-order valence-electron chi connectivity index (χ0n) is 10.5. The van der Waals surface area contributed by atoms with Crippen LogP contribution < -0.4 is 4.74 Å². The van der Waals surface area contributed by atoms with Crippen LogP contribution in [0.3, 0.4) is 0 Å². The van der Waals surface area contributed by atoms with Gasteiger partial charge in [0.25, 0.3) is 5.91 Å². The van der Waals surface area contributed by atoms with Gasteiger partial charge in [0.05, 0.1) is 12.1 Å². The molecule has 1 unspecified atom stereocenters. The summed E-state index contributed by atoms with van der Waals surface area (Å²) >= 11 is 2.21. The molecule has 1 aromatic rings. The molecule has 2 rings (SSSR count). The zero-order valence-corrected chi connectivity index (χ0v) is 12.7. The van der Waals surface area contributed by atoms with E-state index < -0.39 is 0 Å². The number of halogens is 1. The number of fused-ring (bicyclic) bond motifs is 1. The molecule has 0 saturated carbocycles. The summed E-state index contributed by atoms with van der Waals surface area (Å²) in [5.41, 5.74) is 0.645. The van der Waals surface area contributed by atoms with Crippen LogP contribution in [-0.4, -0.2) is 23.5 Å². The van der Waals surface area contributed by atoms with Crippen LogP contribution in [0, 0.1) is 3.57 Å². The number of rotatable bonds is 2. The SMILES string of the molecule is CCC=CN1CC(C)Oc2ccc(I)cc2C1=O. The minimum atomic E-state index is -0.00299. The summed E-state index contributed by atoms with van der Waals surface area (Å²) in [4.78, 5) is 14.2. The number of carbonyl (C=O) groups excluding carboxylic acids is 1. The van der Waals surface area contributed by atoms with Gasteiger partial charge >= 0.3 is 0 Å². The fourth-order valence-electron chi connectivity index (χ4n) is 1.90. The van der Waals surface area contributed by atoms with E-state index in [9.17, 15) is 4.79 Å². The van der Waals surface area contributed by atoms with Crippen LogP contribution in [0.15, 0.2) is 30.5 Å². The second-order valence-corrected chi connectivity index (χ2v) is 5.57. The van der Waals surface area contributed by atoms with Crippen LogP contribution in [0.2, 0.25) is 0 Å². The summed E-state index contributed by atoms with van der Waals surface area (Å²) in [6.45, 7) is 4.61. The highest BCUT2D eigenvalue weighted by Crippen LogP contribution is 2.27. The molecule has 96 valence electrons. The molecule has 0 aliphatic carbocycles. The molecule has 18 heavy (non-hydrogen) atoms. The molecule has 1 amide bonds. The third kappa shape index (κ3) is 2.85. The normalized spacial score (nSPS) is 19.6. The van der Waals surface area contributed by atoms with Crippen molar-refractivity contribution in [3.8, 4) is 5.75 Å². The number of carbonyl (C=O) groups is 1. The highest BCUT2D eigenvalue weighted by Gasteiger charge is 2.25. The van der Waals surface area contributed by atoms with Gasteiger partial charge in [0, 0.05) is 9.77 Å². The zero-order chi connectivity index (χ0) is 13.1. The lowest BCUT2D eigenvalue weighted by molar-refractivity contribution is 0.0802. The van der Waals surface area contributed by atoms with Gasteiger partial charge in [-0.1, -0.05) is 13.0 Å². The second-order valence-electron chi connectivity index (χ2n) is 4.32. The first-order valence-electron chi connectivity index (χ1n) is 6.05. The molecule has 0 saturated heterocycles. The molecule has 1 heterocycles. The molecule has 1 aliphatic rings. The maximum Gasteiger partial charge on any atom is 0.261 e. The maximum absolute atomic E-state index is 12.4. The van der Waals surface area contributed by atoms with Gasteiger partial charge in [0.2, 0.25) is 0 Å². The maximum atomic E-state index is 12.4. The minimum Gasteiger partial charge on any atom is -0.488 e. The third-order valence-electron chi connectivity index (χ3n) is 2.74. The number of ether oxygens (including phenoxy) is 1. The summed E-state index contributed by atoms with van der Waals surface area (Å²) in [5, 5.41) is 0. The Hall–Kier alpha value is -1.04. The summed E-state index contributed by atoms with van der Waals surface area (Å²) < 4.78 is 6.83. The first-order valence-corrected chi connectivity index (χ1v) is 7.13. The molecule has 0 radical (unpaired) electrons. The molecule has 1 aliphatic heterocycles. The van der Waals surface area contributed by atoms with E-state index in [0.29, 0.717) is 17.9 Å². The Morgan fingerprint density at radius 3 is 3.06 bits per heavy atom. The van der Waals surface area contributed by atoms with Crippen LogP contribution >= 0.6 is 22.6 Å². The number of allylic oxidation sites excluding steroid dienone is 1. The summed E-state index contributed by atoms with van der Waals surface area (Å²) in [6, 6.07) is 5.71. The van der Waals surface area contributed by atoms with E-state index in [1.807, 2.05) is 37.4 Å². The van der Waals surface area contributed by atoms with Gasteiger partial charge < -0.3 is 9.64 Å². The van der Waals surface area contributed by atoms with Crippen molar-refractivity contribution < 1.29 is 9.53 Å². The van der Waals surface area contributed by atoms with Crippen molar-refractivity contribution in [1.29, 1.82) is 0 Å². The Kier molecular flexibility index (Phi) is 4.27. The largest absolute Gasteiger partial charge is 0.488 e. The van der Waals surface area contributed by atoms with Gasteiger partial charge in [0.15, 0.2) is 0 Å². The minimum absolute atomic E-state index is 0.00299. The van der Waals surface area contributed by atoms with E-state index in [1.54, 1.807) is 4.90 Å². The van der Waals surface area contributed by atoms with Crippen molar-refractivity contribution in [2.45, 2.75) is 26.4 Å². The smallest absolute Gasteiger partial charge is 0.261 e. The standard InChI is InChI=1S/C14H16INO2/c1-3-4-7-16-9-10(2)18-13-6-5-11(15)8-12(13)14(16)17/h4-8,10H,3,9H2,1-2H3. The summed E-state index contributed by atoms with van der Waals surface area (Å²) in [6.07, 6.45) is 4.76. The van der Waals surface area contributed by atoms with Crippen molar-refractivity contribution in [3.05, 3.63) is 39.6 Å². The molecule has 1 atom stereocenters. The van der Waals surface area contributed by atoms with Crippen LogP contribution in [0.4, 0.5) is 0 Å². The first-order chi connectivity index (χ1) is 8.61. The van der Waals surface area contributed by atoms with E-state index in [1.165, 1.54) is 0 Å². The first kappa shape index (κ1) is 13.4. The van der Waals surface area contributed by atoms with Gasteiger partial charge in [-0.25, -0.2) is 0 Å². The molecule has 0 N–H and O–H groups in total. The van der Waals surface area contributed by atoms with Crippen molar-refractivity contribution >= 4 is 28.5 Å². The van der Waals surface area contributed by atoms with Crippen LogP contribution in [-0.2, 0) is 0 Å². The number of nitrogens with zero attached hydrogens (tertiary/aromatic N) is 1. The molecule has 0 spiro atoms.